The Kier molecular flexibility index (Phi) is 3.17. The maximum absolute atomic E-state index is 11.4. The van der Waals surface area contributed by atoms with E-state index in [0.29, 0.717) is 5.57 Å². The second-order valence-corrected chi connectivity index (χ2v) is 5.04. The number of primary amides is 1. The fourth-order valence-electron chi connectivity index (χ4n) is 1.28. The molecule has 2 heterocycles. The second-order valence-electron chi connectivity index (χ2n) is 3.20. The molecule has 2 aromatic heterocycles. The smallest absolute Gasteiger partial charge is 0.250 e. The van der Waals surface area contributed by atoms with Crippen LogP contribution in [0.3, 0.4) is 0 Å². The zero-order valence-corrected chi connectivity index (χ0v) is 10.3. The van der Waals surface area contributed by atoms with Crippen molar-refractivity contribution in [2.75, 3.05) is 0 Å². The van der Waals surface area contributed by atoms with E-state index in [1.165, 1.54) is 22.7 Å². The van der Waals surface area contributed by atoms with E-state index >= 15 is 0 Å². The molecule has 0 bridgehead atoms. The number of thiophene rings is 1. The molecule has 3 nitrogen and oxygen atoms in total. The lowest BCUT2D eigenvalue weighted by Gasteiger charge is -1.99. The summed E-state index contributed by atoms with van der Waals surface area (Å²) in [6, 6.07) is 3.79. The topological polar surface area (TPSA) is 56.0 Å². The Morgan fingerprint density at radius 2 is 2.31 bits per heavy atom. The third-order valence-corrected chi connectivity index (χ3v) is 3.89. The van der Waals surface area contributed by atoms with Crippen molar-refractivity contribution in [2.24, 2.45) is 5.73 Å². The van der Waals surface area contributed by atoms with Gasteiger partial charge in [-0.15, -0.1) is 22.7 Å². The van der Waals surface area contributed by atoms with Crippen LogP contribution in [0.15, 0.2) is 23.0 Å². The van der Waals surface area contributed by atoms with Gasteiger partial charge < -0.3 is 5.73 Å². The molecule has 0 saturated carbocycles. The van der Waals surface area contributed by atoms with Gasteiger partial charge in [0.25, 0.3) is 0 Å². The standard InChI is InChI=1S/C11H10N2OS2/c1-7-10(16-6-13-7)5-8(11(12)14)9-3-2-4-15-9/h2-6H,1H3,(H2,12,14). The zero-order valence-electron chi connectivity index (χ0n) is 8.64. The number of aryl methyl sites for hydroxylation is 1. The van der Waals surface area contributed by atoms with E-state index in [4.69, 9.17) is 5.73 Å². The molecule has 0 aromatic carbocycles. The summed E-state index contributed by atoms with van der Waals surface area (Å²) in [6.45, 7) is 1.91. The molecule has 0 aliphatic rings. The molecule has 2 rings (SSSR count). The van der Waals surface area contributed by atoms with Crippen molar-refractivity contribution < 1.29 is 4.79 Å². The molecule has 0 aliphatic carbocycles. The van der Waals surface area contributed by atoms with Crippen LogP contribution in [0.1, 0.15) is 15.4 Å². The lowest BCUT2D eigenvalue weighted by Crippen LogP contribution is -2.11. The number of carbonyl (C=O) groups is 1. The average molecular weight is 250 g/mol. The van der Waals surface area contributed by atoms with Crippen molar-refractivity contribution in [1.29, 1.82) is 0 Å². The Labute approximate surface area is 101 Å². The zero-order chi connectivity index (χ0) is 11.5. The van der Waals surface area contributed by atoms with Crippen LogP contribution in [0.25, 0.3) is 11.6 Å². The van der Waals surface area contributed by atoms with Gasteiger partial charge >= 0.3 is 0 Å². The van der Waals surface area contributed by atoms with Crippen molar-refractivity contribution in [2.45, 2.75) is 6.92 Å². The summed E-state index contributed by atoms with van der Waals surface area (Å²) in [6.07, 6.45) is 1.81. The monoisotopic (exact) mass is 250 g/mol. The van der Waals surface area contributed by atoms with Crippen LogP contribution in [0.5, 0.6) is 0 Å². The van der Waals surface area contributed by atoms with E-state index in [1.54, 1.807) is 11.6 Å². The summed E-state index contributed by atoms with van der Waals surface area (Å²) in [4.78, 5) is 17.4. The van der Waals surface area contributed by atoms with Gasteiger partial charge in [0.2, 0.25) is 5.91 Å². The highest BCUT2D eigenvalue weighted by Crippen LogP contribution is 2.25. The van der Waals surface area contributed by atoms with Gasteiger partial charge in [-0.3, -0.25) is 4.79 Å². The van der Waals surface area contributed by atoms with Gasteiger partial charge in [0.1, 0.15) is 0 Å². The van der Waals surface area contributed by atoms with E-state index < -0.39 is 5.91 Å². The van der Waals surface area contributed by atoms with Gasteiger partial charge in [-0.25, -0.2) is 4.98 Å². The van der Waals surface area contributed by atoms with E-state index in [0.717, 1.165) is 15.4 Å². The van der Waals surface area contributed by atoms with Crippen molar-refractivity contribution in [3.63, 3.8) is 0 Å². The first-order valence-corrected chi connectivity index (χ1v) is 6.40. The van der Waals surface area contributed by atoms with Crippen LogP contribution in [-0.2, 0) is 4.79 Å². The van der Waals surface area contributed by atoms with E-state index in [2.05, 4.69) is 4.98 Å². The van der Waals surface area contributed by atoms with Crippen LogP contribution in [-0.4, -0.2) is 10.9 Å². The Hall–Kier alpha value is -1.46. The number of hydrogen-bond donors (Lipinski definition) is 1. The molecule has 82 valence electrons. The summed E-state index contributed by atoms with van der Waals surface area (Å²) in [5, 5.41) is 1.92. The Morgan fingerprint density at radius 1 is 1.50 bits per heavy atom. The minimum Gasteiger partial charge on any atom is -0.366 e. The normalized spacial score (nSPS) is 11.7. The summed E-state index contributed by atoms with van der Waals surface area (Å²) < 4.78 is 0. The Morgan fingerprint density at radius 3 is 2.81 bits per heavy atom. The van der Waals surface area contributed by atoms with Crippen LogP contribution in [0, 0.1) is 6.92 Å². The Balaban J connectivity index is 2.45. The van der Waals surface area contributed by atoms with E-state index in [9.17, 15) is 4.79 Å². The SMILES string of the molecule is Cc1ncsc1C=C(C(N)=O)c1cccs1. The summed E-state index contributed by atoms with van der Waals surface area (Å²) in [5.74, 6) is -0.407. The highest BCUT2D eigenvalue weighted by Gasteiger charge is 2.10. The molecule has 16 heavy (non-hydrogen) atoms. The van der Waals surface area contributed by atoms with Crippen LogP contribution >= 0.6 is 22.7 Å². The third-order valence-electron chi connectivity index (χ3n) is 2.11. The van der Waals surface area contributed by atoms with Crippen LogP contribution in [0.2, 0.25) is 0 Å². The summed E-state index contributed by atoms with van der Waals surface area (Å²) >= 11 is 3.00. The second kappa shape index (κ2) is 4.59. The molecule has 0 aliphatic heterocycles. The number of hydrogen-bond acceptors (Lipinski definition) is 4. The fraction of sp³-hybridized carbons (Fsp3) is 0.0909. The molecule has 2 N–H and O–H groups in total. The fourth-order valence-corrected chi connectivity index (χ4v) is 2.76. The van der Waals surface area contributed by atoms with Gasteiger partial charge in [-0.2, -0.15) is 0 Å². The molecule has 0 radical (unpaired) electrons. The van der Waals surface area contributed by atoms with Gasteiger partial charge in [0.15, 0.2) is 0 Å². The number of aromatic nitrogens is 1. The molecule has 5 heteroatoms. The quantitative estimate of drug-likeness (QED) is 0.851. The number of thiazole rings is 1. The molecule has 0 saturated heterocycles. The number of rotatable bonds is 3. The van der Waals surface area contributed by atoms with Gasteiger partial charge in [0.05, 0.1) is 21.7 Å². The van der Waals surface area contributed by atoms with E-state index in [1.807, 2.05) is 24.4 Å². The minimum atomic E-state index is -0.407. The van der Waals surface area contributed by atoms with Gasteiger partial charge in [-0.05, 0) is 24.4 Å². The lowest BCUT2D eigenvalue weighted by molar-refractivity contribution is -0.112. The lowest BCUT2D eigenvalue weighted by atomic mass is 10.2. The minimum absolute atomic E-state index is 0.407. The molecule has 0 fully saturated rings. The number of carbonyl (C=O) groups excluding carboxylic acids is 1. The predicted octanol–water partition coefficient (Wildman–Crippen LogP) is 2.54. The molecule has 0 atom stereocenters. The first kappa shape index (κ1) is 11.0. The number of amides is 1. The molecular formula is C11H10N2OS2. The van der Waals surface area contributed by atoms with Gasteiger partial charge in [0, 0.05) is 4.88 Å². The molecular weight excluding hydrogens is 240 g/mol. The summed E-state index contributed by atoms with van der Waals surface area (Å²) in [7, 11) is 0. The Bertz CT molecular complexity index is 526. The van der Waals surface area contributed by atoms with Crippen molar-refractivity contribution >= 4 is 40.2 Å². The molecule has 1 amide bonds. The van der Waals surface area contributed by atoms with E-state index in [-0.39, 0.29) is 0 Å². The van der Waals surface area contributed by atoms with Crippen molar-refractivity contribution in [1.82, 2.24) is 4.98 Å². The average Bonchev–Trinajstić information content (AvgIpc) is 2.85. The number of nitrogens with two attached hydrogens (primary N) is 1. The van der Waals surface area contributed by atoms with Crippen LogP contribution < -0.4 is 5.73 Å². The van der Waals surface area contributed by atoms with Gasteiger partial charge in [-0.1, -0.05) is 6.07 Å². The molecule has 2 aromatic rings. The third kappa shape index (κ3) is 2.20. The summed E-state index contributed by atoms with van der Waals surface area (Å²) in [5.41, 5.74) is 8.60. The largest absolute Gasteiger partial charge is 0.366 e. The highest BCUT2D eigenvalue weighted by molar-refractivity contribution is 7.12. The molecule has 0 unspecified atom stereocenters. The van der Waals surface area contributed by atoms with Crippen molar-refractivity contribution in [3.8, 4) is 0 Å². The molecule has 0 spiro atoms. The predicted molar refractivity (Wildman–Crippen MR) is 68.2 cm³/mol. The highest BCUT2D eigenvalue weighted by atomic mass is 32.1. The maximum atomic E-state index is 11.4. The maximum Gasteiger partial charge on any atom is 0.250 e. The number of nitrogens with zero attached hydrogens (tertiary/aromatic N) is 1. The first-order valence-electron chi connectivity index (χ1n) is 4.64. The van der Waals surface area contributed by atoms with Crippen LogP contribution in [0.4, 0.5) is 0 Å². The van der Waals surface area contributed by atoms with Crippen molar-refractivity contribution in [3.05, 3.63) is 38.5 Å². The first-order chi connectivity index (χ1) is 7.68.